The van der Waals surface area contributed by atoms with Gasteiger partial charge in [-0.1, -0.05) is 42.0 Å². The normalized spacial score (nSPS) is 11.3. The number of aryl methyl sites for hydroxylation is 2. The Balaban J connectivity index is 1.71. The van der Waals surface area contributed by atoms with Gasteiger partial charge in [0.05, 0.1) is 5.52 Å². The smallest absolute Gasteiger partial charge is 0.257 e. The van der Waals surface area contributed by atoms with Gasteiger partial charge in [-0.05, 0) is 31.0 Å². The van der Waals surface area contributed by atoms with E-state index in [1.807, 2.05) is 60.8 Å². The average Bonchev–Trinajstić information content (AvgIpc) is 2.94. The second kappa shape index (κ2) is 5.74. The summed E-state index contributed by atoms with van der Waals surface area (Å²) in [6.45, 7) is 4.42. The van der Waals surface area contributed by atoms with Crippen LogP contribution < -0.4 is 10.7 Å². The van der Waals surface area contributed by atoms with Gasteiger partial charge in [0.1, 0.15) is 5.56 Å². The number of carbonyl (C=O) groups is 1. The number of benzene rings is 2. The van der Waals surface area contributed by atoms with Crippen molar-refractivity contribution in [1.82, 2.24) is 9.72 Å². The largest absolute Gasteiger partial charge is 0.348 e. The van der Waals surface area contributed by atoms with Crippen LogP contribution >= 0.6 is 0 Å². The molecule has 0 aliphatic rings. The summed E-state index contributed by atoms with van der Waals surface area (Å²) in [5.74, 6) is -0.348. The maximum absolute atomic E-state index is 12.8. The summed E-state index contributed by atoms with van der Waals surface area (Å²) >= 11 is 0. The van der Waals surface area contributed by atoms with Crippen molar-refractivity contribution in [2.75, 3.05) is 0 Å². The van der Waals surface area contributed by atoms with Gasteiger partial charge in [-0.25, -0.2) is 0 Å². The van der Waals surface area contributed by atoms with Crippen molar-refractivity contribution in [3.63, 3.8) is 0 Å². The van der Waals surface area contributed by atoms with Crippen molar-refractivity contribution in [2.45, 2.75) is 20.4 Å². The Kier molecular flexibility index (Phi) is 3.53. The molecule has 0 radical (unpaired) electrons. The van der Waals surface area contributed by atoms with Crippen LogP contribution in [0.5, 0.6) is 0 Å². The standard InChI is InChI=1S/C21H18N2O2/c1-13-6-8-15(9-7-13)10-22-21(25)18-12-23-11-14(2)16-4-3-5-17(19(16)23)20(18)24/h3-9,11-12H,10H2,1-2H3,(H,22,25). The van der Waals surface area contributed by atoms with Gasteiger partial charge in [-0.3, -0.25) is 9.59 Å². The number of hydrogen-bond acceptors (Lipinski definition) is 2. The highest BCUT2D eigenvalue weighted by molar-refractivity contribution is 6.02. The lowest BCUT2D eigenvalue weighted by Crippen LogP contribution is -2.28. The zero-order valence-electron chi connectivity index (χ0n) is 14.2. The van der Waals surface area contributed by atoms with Crippen molar-refractivity contribution in [3.8, 4) is 0 Å². The molecule has 0 bridgehead atoms. The van der Waals surface area contributed by atoms with Crippen molar-refractivity contribution < 1.29 is 4.79 Å². The third kappa shape index (κ3) is 2.56. The zero-order chi connectivity index (χ0) is 17.6. The molecule has 0 atom stereocenters. The molecule has 2 aromatic heterocycles. The van der Waals surface area contributed by atoms with Crippen LogP contribution in [-0.2, 0) is 6.54 Å². The van der Waals surface area contributed by atoms with E-state index in [4.69, 9.17) is 0 Å². The molecule has 0 aliphatic heterocycles. The zero-order valence-corrected chi connectivity index (χ0v) is 14.2. The number of nitrogens with zero attached hydrogens (tertiary/aromatic N) is 1. The topological polar surface area (TPSA) is 50.6 Å². The minimum atomic E-state index is -0.348. The number of amides is 1. The lowest BCUT2D eigenvalue weighted by Gasteiger charge is -2.07. The van der Waals surface area contributed by atoms with E-state index in [9.17, 15) is 9.59 Å². The molecule has 2 aromatic carbocycles. The first kappa shape index (κ1) is 15.4. The SMILES string of the molecule is Cc1ccc(CNC(=O)c2cn3cc(C)c4cccc(c2=O)c43)cc1. The number of hydrogen-bond donors (Lipinski definition) is 1. The van der Waals surface area contributed by atoms with Crippen LogP contribution in [0, 0.1) is 13.8 Å². The van der Waals surface area contributed by atoms with E-state index in [2.05, 4.69) is 5.32 Å². The molecular weight excluding hydrogens is 312 g/mol. The quantitative estimate of drug-likeness (QED) is 0.625. The van der Waals surface area contributed by atoms with Crippen LogP contribution in [0.15, 0.2) is 59.7 Å². The van der Waals surface area contributed by atoms with E-state index in [-0.39, 0.29) is 16.9 Å². The van der Waals surface area contributed by atoms with Gasteiger partial charge in [-0.2, -0.15) is 0 Å². The lowest BCUT2D eigenvalue weighted by molar-refractivity contribution is 0.0949. The molecule has 124 valence electrons. The monoisotopic (exact) mass is 330 g/mol. The fourth-order valence-electron chi connectivity index (χ4n) is 3.26. The third-order valence-electron chi connectivity index (χ3n) is 4.63. The number of para-hydroxylation sites is 1. The summed E-state index contributed by atoms with van der Waals surface area (Å²) in [5, 5.41) is 4.47. The van der Waals surface area contributed by atoms with Gasteiger partial charge < -0.3 is 9.72 Å². The second-order valence-corrected chi connectivity index (χ2v) is 6.46. The first-order valence-electron chi connectivity index (χ1n) is 8.25. The molecule has 0 fully saturated rings. The maximum atomic E-state index is 12.8. The average molecular weight is 330 g/mol. The molecule has 4 rings (SSSR count). The van der Waals surface area contributed by atoms with E-state index in [0.717, 1.165) is 22.0 Å². The van der Waals surface area contributed by atoms with Gasteiger partial charge in [-0.15, -0.1) is 0 Å². The van der Waals surface area contributed by atoms with Gasteiger partial charge in [0, 0.05) is 29.7 Å². The first-order valence-corrected chi connectivity index (χ1v) is 8.25. The van der Waals surface area contributed by atoms with Gasteiger partial charge in [0.15, 0.2) is 0 Å². The van der Waals surface area contributed by atoms with Crippen LogP contribution in [0.2, 0.25) is 0 Å². The Hall–Kier alpha value is -3.14. The van der Waals surface area contributed by atoms with Crippen LogP contribution in [0.25, 0.3) is 16.3 Å². The highest BCUT2D eigenvalue weighted by Gasteiger charge is 2.17. The lowest BCUT2D eigenvalue weighted by atomic mass is 10.1. The fraction of sp³-hybridized carbons (Fsp3) is 0.143. The summed E-state index contributed by atoms with van der Waals surface area (Å²) in [4.78, 5) is 25.3. The molecule has 4 aromatic rings. The Morgan fingerprint density at radius 3 is 2.48 bits per heavy atom. The predicted molar refractivity (Wildman–Crippen MR) is 99.4 cm³/mol. The van der Waals surface area contributed by atoms with Crippen LogP contribution in [-0.4, -0.2) is 10.3 Å². The van der Waals surface area contributed by atoms with Gasteiger partial charge >= 0.3 is 0 Å². The molecule has 1 amide bonds. The number of rotatable bonds is 3. The maximum Gasteiger partial charge on any atom is 0.257 e. The molecule has 0 saturated heterocycles. The molecule has 1 N–H and O–H groups in total. The van der Waals surface area contributed by atoms with Crippen molar-refractivity contribution in [3.05, 3.63) is 87.3 Å². The van der Waals surface area contributed by atoms with E-state index in [1.54, 1.807) is 12.3 Å². The van der Waals surface area contributed by atoms with Crippen LogP contribution in [0.3, 0.4) is 0 Å². The van der Waals surface area contributed by atoms with E-state index < -0.39 is 0 Å². The fourth-order valence-corrected chi connectivity index (χ4v) is 3.26. The molecule has 0 spiro atoms. The van der Waals surface area contributed by atoms with Crippen molar-refractivity contribution >= 4 is 22.2 Å². The minimum Gasteiger partial charge on any atom is -0.348 e. The van der Waals surface area contributed by atoms with E-state index >= 15 is 0 Å². The van der Waals surface area contributed by atoms with Gasteiger partial charge in [0.25, 0.3) is 5.91 Å². The van der Waals surface area contributed by atoms with Crippen LogP contribution in [0.1, 0.15) is 27.0 Å². The Morgan fingerprint density at radius 2 is 1.72 bits per heavy atom. The summed E-state index contributed by atoms with van der Waals surface area (Å²) < 4.78 is 1.88. The minimum absolute atomic E-state index is 0.169. The summed E-state index contributed by atoms with van der Waals surface area (Å²) in [6, 6.07) is 13.6. The Bertz CT molecular complexity index is 1140. The number of pyridine rings is 1. The second-order valence-electron chi connectivity index (χ2n) is 6.46. The Morgan fingerprint density at radius 1 is 1.00 bits per heavy atom. The molecule has 0 aliphatic carbocycles. The molecule has 2 heterocycles. The summed E-state index contributed by atoms with van der Waals surface area (Å²) in [5.41, 5.74) is 4.08. The molecular formula is C21H18N2O2. The van der Waals surface area contributed by atoms with Crippen LogP contribution in [0.4, 0.5) is 0 Å². The predicted octanol–water partition coefficient (Wildman–Crippen LogP) is 3.44. The number of carbonyl (C=O) groups excluding carboxylic acids is 1. The number of nitrogens with one attached hydrogen (secondary N) is 1. The van der Waals surface area contributed by atoms with E-state index in [1.165, 1.54) is 5.56 Å². The number of aromatic nitrogens is 1. The highest BCUT2D eigenvalue weighted by Crippen LogP contribution is 2.24. The van der Waals surface area contributed by atoms with Crippen molar-refractivity contribution in [1.29, 1.82) is 0 Å². The molecule has 4 heteroatoms. The molecule has 4 nitrogen and oxygen atoms in total. The highest BCUT2D eigenvalue weighted by atomic mass is 16.2. The summed E-state index contributed by atoms with van der Waals surface area (Å²) in [6.07, 6.45) is 3.59. The first-order chi connectivity index (χ1) is 12.0. The molecule has 0 saturated carbocycles. The summed E-state index contributed by atoms with van der Waals surface area (Å²) in [7, 11) is 0. The Labute approximate surface area is 145 Å². The van der Waals surface area contributed by atoms with E-state index in [0.29, 0.717) is 11.9 Å². The molecule has 25 heavy (non-hydrogen) atoms. The van der Waals surface area contributed by atoms with Gasteiger partial charge in [0.2, 0.25) is 5.43 Å². The third-order valence-corrected chi connectivity index (χ3v) is 4.63. The molecule has 0 unspecified atom stereocenters. The van der Waals surface area contributed by atoms with Crippen molar-refractivity contribution in [2.24, 2.45) is 0 Å².